The van der Waals surface area contributed by atoms with E-state index in [-0.39, 0.29) is 56.4 Å². The second-order valence-electron chi connectivity index (χ2n) is 17.1. The Bertz CT molecular complexity index is 2890. The van der Waals surface area contributed by atoms with Gasteiger partial charge in [0.1, 0.15) is 33.0 Å². The second-order valence-corrected chi connectivity index (χ2v) is 17.9. The van der Waals surface area contributed by atoms with E-state index in [4.69, 9.17) is 33.5 Å². The van der Waals surface area contributed by atoms with E-state index in [0.29, 0.717) is 62.2 Å². The zero-order valence-corrected chi connectivity index (χ0v) is 44.1. The van der Waals surface area contributed by atoms with Gasteiger partial charge in [-0.2, -0.15) is 0 Å². The molecule has 0 aromatic heterocycles. The minimum absolute atomic E-state index is 0.0377. The van der Waals surface area contributed by atoms with Gasteiger partial charge in [0, 0.05) is 13.2 Å². The highest BCUT2D eigenvalue weighted by molar-refractivity contribution is 9.10. The first-order valence-corrected chi connectivity index (χ1v) is 23.1. The molecule has 374 valence electrons. The molecule has 4 aromatic carbocycles. The Balaban J connectivity index is 0.000000652. The Labute approximate surface area is 416 Å². The van der Waals surface area contributed by atoms with Crippen molar-refractivity contribution in [1.82, 2.24) is 0 Å². The fraction of sp³-hybridized carbons (Fsp3) is 0.370. The number of benzene rings is 4. The van der Waals surface area contributed by atoms with Crippen LogP contribution in [0.25, 0.3) is 0 Å². The maximum atomic E-state index is 13.9. The molecule has 0 amide bonds. The Morgan fingerprint density at radius 1 is 0.614 bits per heavy atom. The van der Waals surface area contributed by atoms with Crippen molar-refractivity contribution in [3.8, 4) is 23.0 Å². The third-order valence-electron chi connectivity index (χ3n) is 13.1. The van der Waals surface area contributed by atoms with Crippen molar-refractivity contribution < 1.29 is 72.5 Å². The molecule has 0 bridgehead atoms. The Kier molecular flexibility index (Phi) is 17.9. The Morgan fingerprint density at radius 3 is 1.74 bits per heavy atom. The molecule has 5 rings (SSSR count). The van der Waals surface area contributed by atoms with E-state index < -0.39 is 47.0 Å². The number of rotatable bonds is 13. The summed E-state index contributed by atoms with van der Waals surface area (Å²) in [7, 11) is 2.61. The number of phenols is 1. The van der Waals surface area contributed by atoms with Crippen LogP contribution in [0.4, 0.5) is 0 Å². The van der Waals surface area contributed by atoms with Crippen LogP contribution in [0, 0.1) is 76.2 Å². The van der Waals surface area contributed by atoms with Crippen LogP contribution in [0.3, 0.4) is 0 Å². The van der Waals surface area contributed by atoms with Crippen LogP contribution in [-0.4, -0.2) is 77.6 Å². The van der Waals surface area contributed by atoms with Crippen LogP contribution in [0.15, 0.2) is 40.1 Å². The summed E-state index contributed by atoms with van der Waals surface area (Å²) in [6.45, 7) is 24.2. The van der Waals surface area contributed by atoms with E-state index in [2.05, 4.69) is 22.0 Å². The first-order chi connectivity index (χ1) is 32.7. The second kappa shape index (κ2) is 22.4. The van der Waals surface area contributed by atoms with Crippen LogP contribution in [0.2, 0.25) is 0 Å². The number of ether oxygens (including phenoxy) is 6. The molecule has 1 atom stereocenters. The summed E-state index contributed by atoms with van der Waals surface area (Å²) in [6.07, 6.45) is 3.39. The van der Waals surface area contributed by atoms with E-state index in [9.17, 15) is 39.0 Å². The Hall–Kier alpha value is -6.62. The lowest BCUT2D eigenvalue weighted by molar-refractivity contribution is -0.151. The number of halogens is 1. The first-order valence-electron chi connectivity index (χ1n) is 22.3. The minimum atomic E-state index is -2.43. The van der Waals surface area contributed by atoms with Crippen LogP contribution in [0.5, 0.6) is 23.0 Å². The number of allylic oxidation sites excluding steroid dienone is 2. The summed E-state index contributed by atoms with van der Waals surface area (Å²) in [5.41, 5.74) is 6.74. The van der Waals surface area contributed by atoms with E-state index in [1.807, 2.05) is 34.6 Å². The number of carboxylic acid groups (broad SMARTS) is 1. The minimum Gasteiger partial charge on any atom is -0.506 e. The average Bonchev–Trinajstić information content (AvgIpc) is 3.29. The maximum absolute atomic E-state index is 13.9. The van der Waals surface area contributed by atoms with Crippen molar-refractivity contribution in [1.29, 1.82) is 0 Å². The number of aliphatic hydroxyl groups is 1. The summed E-state index contributed by atoms with van der Waals surface area (Å²) >= 11 is 3.22. The smallest absolute Gasteiger partial charge is 0.356 e. The SMILES string of the molecule is CCc1c(C)c(C(=O)OCOC)c(C)c(C)c1OC(=O)c1c(C)cc(OC(=O)c2c(C)c(C)c(OC(=O)[C@@]3(O)C(C)=CC(=O)C=C3OC)c(Br)c2O)c(C)c1C.CCc1cc(C)c(C)c(C(=O)O)c1C. The van der Waals surface area contributed by atoms with E-state index in [1.165, 1.54) is 34.1 Å². The number of carbonyl (C=O) groups is 6. The lowest BCUT2D eigenvalue weighted by Gasteiger charge is -2.30. The molecule has 0 fully saturated rings. The molecule has 1 aliphatic carbocycles. The zero-order valence-electron chi connectivity index (χ0n) is 42.5. The van der Waals surface area contributed by atoms with Gasteiger partial charge in [0.15, 0.2) is 18.3 Å². The molecule has 4 aromatic rings. The van der Waals surface area contributed by atoms with Crippen molar-refractivity contribution in [3.63, 3.8) is 0 Å². The van der Waals surface area contributed by atoms with Gasteiger partial charge in [-0.3, -0.25) is 4.79 Å². The number of phenolic OH excluding ortho intramolecular Hbond substituents is 1. The lowest BCUT2D eigenvalue weighted by Crippen LogP contribution is -2.47. The molecule has 16 heteroatoms. The topological polar surface area (TPSA) is 218 Å². The van der Waals surface area contributed by atoms with Gasteiger partial charge in [-0.25, -0.2) is 24.0 Å². The van der Waals surface area contributed by atoms with Gasteiger partial charge in [0.25, 0.3) is 0 Å². The molecule has 0 heterocycles. The molecule has 0 aliphatic heterocycles. The first kappa shape index (κ1) is 56.0. The van der Waals surface area contributed by atoms with Crippen molar-refractivity contribution >= 4 is 51.6 Å². The summed E-state index contributed by atoms with van der Waals surface area (Å²) in [6, 6.07) is 3.60. The summed E-state index contributed by atoms with van der Waals surface area (Å²) < 4.78 is 32.5. The molecule has 0 saturated heterocycles. The van der Waals surface area contributed by atoms with Gasteiger partial charge in [-0.1, -0.05) is 19.9 Å². The molecule has 1 aliphatic rings. The van der Waals surface area contributed by atoms with Gasteiger partial charge in [-0.05, 0) is 202 Å². The van der Waals surface area contributed by atoms with Crippen LogP contribution < -0.4 is 14.2 Å². The lowest BCUT2D eigenvalue weighted by atomic mass is 9.87. The van der Waals surface area contributed by atoms with Crippen molar-refractivity contribution in [2.45, 2.75) is 115 Å². The highest BCUT2D eigenvalue weighted by Crippen LogP contribution is 2.44. The van der Waals surface area contributed by atoms with Gasteiger partial charge < -0.3 is 43.7 Å². The predicted molar refractivity (Wildman–Crippen MR) is 265 cm³/mol. The normalized spacial score (nSPS) is 14.2. The molecule has 0 unspecified atom stereocenters. The fourth-order valence-corrected chi connectivity index (χ4v) is 9.09. The predicted octanol–water partition coefficient (Wildman–Crippen LogP) is 9.95. The number of esters is 4. The van der Waals surface area contributed by atoms with Crippen molar-refractivity contribution in [3.05, 3.63) is 135 Å². The maximum Gasteiger partial charge on any atom is 0.356 e. The van der Waals surface area contributed by atoms with Crippen LogP contribution in [-0.2, 0) is 36.6 Å². The molecular weight excluding hydrogens is 968 g/mol. The highest BCUT2D eigenvalue weighted by Gasteiger charge is 2.48. The van der Waals surface area contributed by atoms with Crippen molar-refractivity contribution in [2.75, 3.05) is 21.0 Å². The number of aryl methyl sites for hydroxylation is 3. The number of ketones is 1. The number of aromatic carboxylic acids is 1. The molecule has 0 radical (unpaired) electrons. The van der Waals surface area contributed by atoms with Gasteiger partial charge in [-0.15, -0.1) is 0 Å². The quantitative estimate of drug-likeness (QED) is 0.0645. The monoisotopic (exact) mass is 1030 g/mol. The molecule has 0 spiro atoms. The van der Waals surface area contributed by atoms with Crippen LogP contribution in [0.1, 0.15) is 135 Å². The third kappa shape index (κ3) is 10.6. The number of methoxy groups -OCH3 is 2. The third-order valence-corrected chi connectivity index (χ3v) is 13.8. The van der Waals surface area contributed by atoms with Gasteiger partial charge >= 0.3 is 29.8 Å². The molecule has 3 N–H and O–H groups in total. The summed E-state index contributed by atoms with van der Waals surface area (Å²) in [4.78, 5) is 76.9. The molecule has 0 saturated carbocycles. The van der Waals surface area contributed by atoms with E-state index in [0.717, 1.165) is 40.8 Å². The van der Waals surface area contributed by atoms with E-state index in [1.54, 1.807) is 48.5 Å². The highest BCUT2D eigenvalue weighted by atomic mass is 79.9. The number of hydrogen-bond donors (Lipinski definition) is 3. The van der Waals surface area contributed by atoms with E-state index >= 15 is 0 Å². The number of aromatic hydroxyl groups is 1. The summed E-state index contributed by atoms with van der Waals surface area (Å²) in [5, 5.41) is 31.6. The van der Waals surface area contributed by atoms with Crippen molar-refractivity contribution in [2.24, 2.45) is 0 Å². The number of carboxylic acids is 1. The fourth-order valence-electron chi connectivity index (χ4n) is 8.52. The molecular formula is C54H61BrO15. The number of hydrogen-bond acceptors (Lipinski definition) is 14. The van der Waals surface area contributed by atoms with Gasteiger partial charge in [0.05, 0.1) is 23.8 Å². The largest absolute Gasteiger partial charge is 0.506 e. The molecule has 15 nitrogen and oxygen atoms in total. The Morgan fingerprint density at radius 2 is 1.19 bits per heavy atom. The number of carbonyl (C=O) groups excluding carboxylic acids is 5. The average molecular weight is 1030 g/mol. The zero-order chi connectivity index (χ0) is 53.0. The van der Waals surface area contributed by atoms with Crippen LogP contribution >= 0.6 is 15.9 Å². The molecule has 70 heavy (non-hydrogen) atoms. The van der Waals surface area contributed by atoms with Gasteiger partial charge in [0.2, 0.25) is 5.60 Å². The summed E-state index contributed by atoms with van der Waals surface area (Å²) in [5.74, 6) is -5.32. The standard InChI is InChI=1S/C42H45BrO13.C12H16O2/c1-13-28-26(10)32(38(46)53-17-51-11)22(6)24(8)36(28)55-39(47)31-18(2)14-29(20(4)21(31)5)54-40(48)33-23(7)25(9)37(34(43)35(33)45)56-41(49)42(50)19(3)15-27(44)16-30(42)52-12;1-5-10-6-7(2)8(3)11(9(10)4)12(13)14/h14-16,45,50H,13,17H2,1-12H3;6H,5H2,1-4H3,(H,13,14)/t42-;/m1./s1.